The first-order valence-electron chi connectivity index (χ1n) is 11.3. The molecular formula is C25H36N2O8S. The molecule has 200 valence electrons. The standard InChI is InChI=1S/C13H19NO5S.C12H17NO3/c1-11(19-20(3,15)16)9-13(10-14-17-2)18-12-7-5-4-6-8-12;1-10(14)8-12(9-13-15-2)16-11-6-4-3-5-7-11/h4-8,10-11,13H,9H2,1-3H3;3-7,9-10,12,14H,8H2,1-2H3/b14-10+;13-9+. The Morgan fingerprint density at radius 1 is 0.806 bits per heavy atom. The molecule has 0 aliphatic carbocycles. The number of aliphatic hydroxyl groups excluding tert-OH is 1. The summed E-state index contributed by atoms with van der Waals surface area (Å²) >= 11 is 0. The highest BCUT2D eigenvalue weighted by Gasteiger charge is 2.17. The zero-order chi connectivity index (χ0) is 26.8. The second-order valence-electron chi connectivity index (χ2n) is 7.74. The van der Waals surface area contributed by atoms with Gasteiger partial charge >= 0.3 is 0 Å². The smallest absolute Gasteiger partial charge is 0.264 e. The van der Waals surface area contributed by atoms with E-state index in [-0.39, 0.29) is 6.10 Å². The number of ether oxygens (including phenoxy) is 2. The molecule has 2 rings (SSSR count). The van der Waals surface area contributed by atoms with Gasteiger partial charge in [0, 0.05) is 12.8 Å². The van der Waals surface area contributed by atoms with E-state index in [1.807, 2.05) is 48.5 Å². The van der Waals surface area contributed by atoms with Gasteiger partial charge in [0.05, 0.1) is 30.9 Å². The lowest BCUT2D eigenvalue weighted by Gasteiger charge is -2.18. The third kappa shape index (κ3) is 15.7. The average molecular weight is 525 g/mol. The summed E-state index contributed by atoms with van der Waals surface area (Å²) in [5, 5.41) is 16.6. The van der Waals surface area contributed by atoms with E-state index < -0.39 is 28.4 Å². The quantitative estimate of drug-likeness (QED) is 0.225. The first kappa shape index (κ1) is 30.9. The topological polar surface area (TPSA) is 125 Å². The number of rotatable bonds is 14. The summed E-state index contributed by atoms with van der Waals surface area (Å²) < 4.78 is 38.4. The molecule has 1 N–H and O–H groups in total. The number of benzene rings is 2. The minimum Gasteiger partial charge on any atom is -0.485 e. The van der Waals surface area contributed by atoms with Gasteiger partial charge < -0.3 is 24.3 Å². The molecule has 0 aliphatic heterocycles. The van der Waals surface area contributed by atoms with E-state index in [2.05, 4.69) is 20.0 Å². The lowest BCUT2D eigenvalue weighted by molar-refractivity contribution is 0.134. The minimum atomic E-state index is -3.49. The summed E-state index contributed by atoms with van der Waals surface area (Å²) in [6.45, 7) is 3.37. The zero-order valence-electron chi connectivity index (χ0n) is 21.3. The van der Waals surface area contributed by atoms with Crippen LogP contribution in [0.3, 0.4) is 0 Å². The normalized spacial score (nSPS) is 14.8. The lowest BCUT2D eigenvalue weighted by Crippen LogP contribution is -2.26. The molecule has 4 unspecified atom stereocenters. The van der Waals surface area contributed by atoms with E-state index in [0.717, 1.165) is 12.0 Å². The summed E-state index contributed by atoms with van der Waals surface area (Å²) in [6.07, 6.45) is 3.11. The van der Waals surface area contributed by atoms with Crippen molar-refractivity contribution in [1.29, 1.82) is 0 Å². The number of oxime groups is 2. The lowest BCUT2D eigenvalue weighted by atomic mass is 10.2. The summed E-state index contributed by atoms with van der Waals surface area (Å²) in [7, 11) is -0.600. The Morgan fingerprint density at radius 3 is 1.58 bits per heavy atom. The Kier molecular flexibility index (Phi) is 14.8. The van der Waals surface area contributed by atoms with Gasteiger partial charge in [0.1, 0.15) is 37.9 Å². The fraction of sp³-hybridized carbons (Fsp3) is 0.440. The summed E-state index contributed by atoms with van der Waals surface area (Å²) in [5.41, 5.74) is 0. The largest absolute Gasteiger partial charge is 0.485 e. The van der Waals surface area contributed by atoms with Crippen molar-refractivity contribution in [2.45, 2.75) is 51.1 Å². The maximum atomic E-state index is 11.1. The fourth-order valence-electron chi connectivity index (χ4n) is 2.89. The zero-order valence-corrected chi connectivity index (χ0v) is 22.1. The van der Waals surface area contributed by atoms with Crippen LogP contribution in [0.5, 0.6) is 11.5 Å². The van der Waals surface area contributed by atoms with Crippen molar-refractivity contribution >= 4 is 22.5 Å². The van der Waals surface area contributed by atoms with Crippen molar-refractivity contribution in [3.05, 3.63) is 60.7 Å². The SMILES string of the molecule is CO/N=C/C(CC(C)O)Oc1ccccc1.CO/N=C/C(CC(C)OS(C)(=O)=O)Oc1ccccc1. The van der Waals surface area contributed by atoms with Gasteiger partial charge in [-0.2, -0.15) is 8.42 Å². The molecule has 0 aliphatic rings. The molecule has 4 atom stereocenters. The van der Waals surface area contributed by atoms with Gasteiger partial charge in [-0.15, -0.1) is 0 Å². The number of para-hydroxylation sites is 2. The van der Waals surface area contributed by atoms with Crippen LogP contribution in [0.1, 0.15) is 26.7 Å². The van der Waals surface area contributed by atoms with E-state index in [9.17, 15) is 13.5 Å². The first-order valence-corrected chi connectivity index (χ1v) is 13.1. The molecular weight excluding hydrogens is 488 g/mol. The van der Waals surface area contributed by atoms with Crippen molar-refractivity contribution in [3.8, 4) is 11.5 Å². The van der Waals surface area contributed by atoms with Crippen LogP contribution in [-0.4, -0.2) is 70.8 Å². The average Bonchev–Trinajstić information content (AvgIpc) is 2.81. The molecule has 2 aromatic carbocycles. The van der Waals surface area contributed by atoms with Crippen molar-refractivity contribution in [2.75, 3.05) is 20.5 Å². The number of hydrogen-bond acceptors (Lipinski definition) is 10. The van der Waals surface area contributed by atoms with Crippen molar-refractivity contribution in [2.24, 2.45) is 10.3 Å². The molecule has 0 saturated carbocycles. The number of hydrogen-bond donors (Lipinski definition) is 1. The van der Waals surface area contributed by atoms with E-state index >= 15 is 0 Å². The second kappa shape index (κ2) is 17.3. The van der Waals surface area contributed by atoms with Crippen LogP contribution in [0.25, 0.3) is 0 Å². The monoisotopic (exact) mass is 524 g/mol. The van der Waals surface area contributed by atoms with Gasteiger partial charge in [-0.05, 0) is 38.1 Å². The van der Waals surface area contributed by atoms with Crippen LogP contribution in [-0.2, 0) is 24.0 Å². The van der Waals surface area contributed by atoms with E-state index in [1.165, 1.54) is 20.4 Å². The Bertz CT molecular complexity index is 986. The van der Waals surface area contributed by atoms with Gasteiger partial charge in [0.25, 0.3) is 10.1 Å². The van der Waals surface area contributed by atoms with Crippen LogP contribution in [0.2, 0.25) is 0 Å². The molecule has 36 heavy (non-hydrogen) atoms. The number of nitrogens with zero attached hydrogens (tertiary/aromatic N) is 2. The third-order valence-electron chi connectivity index (χ3n) is 4.20. The van der Waals surface area contributed by atoms with Gasteiger partial charge in [-0.3, -0.25) is 4.18 Å². The van der Waals surface area contributed by atoms with Crippen LogP contribution >= 0.6 is 0 Å². The summed E-state index contributed by atoms with van der Waals surface area (Å²) in [5.74, 6) is 1.40. The highest BCUT2D eigenvalue weighted by molar-refractivity contribution is 7.86. The Morgan fingerprint density at radius 2 is 1.22 bits per heavy atom. The van der Waals surface area contributed by atoms with E-state index in [0.29, 0.717) is 18.6 Å². The minimum absolute atomic E-state index is 0.289. The Hall–Kier alpha value is -3.15. The second-order valence-corrected chi connectivity index (χ2v) is 9.34. The molecule has 0 bridgehead atoms. The van der Waals surface area contributed by atoms with E-state index in [4.69, 9.17) is 13.7 Å². The Balaban J connectivity index is 0.000000369. The molecule has 0 radical (unpaired) electrons. The van der Waals surface area contributed by atoms with Gasteiger partial charge in [-0.25, -0.2) is 0 Å². The molecule has 2 aromatic rings. The van der Waals surface area contributed by atoms with Crippen molar-refractivity contribution in [3.63, 3.8) is 0 Å². The molecule has 0 aromatic heterocycles. The molecule has 0 saturated heterocycles. The molecule has 0 fully saturated rings. The predicted molar refractivity (Wildman–Crippen MR) is 139 cm³/mol. The molecule has 0 amide bonds. The summed E-state index contributed by atoms with van der Waals surface area (Å²) in [4.78, 5) is 9.22. The van der Waals surface area contributed by atoms with Crippen LogP contribution < -0.4 is 9.47 Å². The predicted octanol–water partition coefficient (Wildman–Crippen LogP) is 3.66. The third-order valence-corrected chi connectivity index (χ3v) is 4.88. The number of aliphatic hydroxyl groups is 1. The fourth-order valence-corrected chi connectivity index (χ4v) is 3.56. The highest BCUT2D eigenvalue weighted by Crippen LogP contribution is 2.15. The van der Waals surface area contributed by atoms with Crippen LogP contribution in [0, 0.1) is 0 Å². The first-order chi connectivity index (χ1) is 17.1. The van der Waals surface area contributed by atoms with Gasteiger partial charge in [-0.1, -0.05) is 46.7 Å². The van der Waals surface area contributed by atoms with Crippen LogP contribution in [0.4, 0.5) is 0 Å². The maximum Gasteiger partial charge on any atom is 0.264 e. The van der Waals surface area contributed by atoms with Crippen LogP contribution in [0.15, 0.2) is 71.0 Å². The molecule has 11 heteroatoms. The molecule has 0 spiro atoms. The van der Waals surface area contributed by atoms with Gasteiger partial charge in [0.2, 0.25) is 0 Å². The Labute approximate surface area is 213 Å². The molecule has 0 heterocycles. The maximum absolute atomic E-state index is 11.1. The van der Waals surface area contributed by atoms with Gasteiger partial charge in [0.15, 0.2) is 0 Å². The van der Waals surface area contributed by atoms with Crippen molar-refractivity contribution < 1.29 is 36.9 Å². The highest BCUT2D eigenvalue weighted by atomic mass is 32.2. The van der Waals surface area contributed by atoms with E-state index in [1.54, 1.807) is 32.2 Å². The molecule has 10 nitrogen and oxygen atoms in total. The summed E-state index contributed by atoms with van der Waals surface area (Å²) in [6, 6.07) is 18.6. The van der Waals surface area contributed by atoms with Crippen molar-refractivity contribution in [1.82, 2.24) is 0 Å².